The number of esters is 3. The molecule has 2 amide bonds. The van der Waals surface area contributed by atoms with Crippen molar-refractivity contribution in [2.45, 2.75) is 51.0 Å². The van der Waals surface area contributed by atoms with Gasteiger partial charge in [0.05, 0.1) is 31.0 Å². The highest BCUT2D eigenvalue weighted by Gasteiger charge is 2.85. The third-order valence-corrected chi connectivity index (χ3v) is 8.06. The first-order chi connectivity index (χ1) is 19.7. The number of hydrogen-bond donors (Lipinski definition) is 2. The molecule has 4 unspecified atom stereocenters. The van der Waals surface area contributed by atoms with E-state index in [2.05, 4.69) is 10.6 Å². The average Bonchev–Trinajstić information content (AvgIpc) is 3.46. The molecule has 1 saturated carbocycles. The van der Waals surface area contributed by atoms with E-state index in [4.69, 9.17) is 14.2 Å². The summed E-state index contributed by atoms with van der Waals surface area (Å²) in [5.41, 5.74) is -6.34. The van der Waals surface area contributed by atoms with Gasteiger partial charge in [-0.2, -0.15) is 0 Å². The number of hydrogen-bond acceptors (Lipinski definition) is 8. The Labute approximate surface area is 240 Å². The maximum atomic E-state index is 15.0. The minimum atomic E-state index is -2.47. The van der Waals surface area contributed by atoms with Crippen molar-refractivity contribution in [3.8, 4) is 0 Å². The lowest BCUT2D eigenvalue weighted by molar-refractivity contribution is -0.173. The van der Waals surface area contributed by atoms with E-state index < -0.39 is 75.5 Å². The molecule has 2 aliphatic heterocycles. The van der Waals surface area contributed by atoms with Crippen LogP contribution in [0.4, 0.5) is 20.2 Å². The van der Waals surface area contributed by atoms with Gasteiger partial charge < -0.3 is 24.8 Å². The summed E-state index contributed by atoms with van der Waals surface area (Å²) < 4.78 is 46.4. The number of fused-ring (bicyclic) bond motifs is 5. The van der Waals surface area contributed by atoms with Gasteiger partial charge in [0, 0.05) is 11.4 Å². The monoisotopic (exact) mass is 584 g/mol. The Hall–Kier alpha value is -4.35. The first kappa shape index (κ1) is 29.2. The van der Waals surface area contributed by atoms with E-state index in [1.807, 2.05) is 0 Å². The Kier molecular flexibility index (Phi) is 6.86. The van der Waals surface area contributed by atoms with Gasteiger partial charge in [0.2, 0.25) is 11.8 Å². The molecule has 42 heavy (non-hydrogen) atoms. The van der Waals surface area contributed by atoms with E-state index in [9.17, 15) is 32.8 Å². The van der Waals surface area contributed by atoms with Crippen LogP contribution in [-0.2, 0) is 49.0 Å². The molecular weight excluding hydrogens is 554 g/mol. The topological polar surface area (TPSA) is 137 Å². The number of nitrogens with one attached hydrogen (secondary N) is 2. The Morgan fingerprint density at radius 2 is 1.17 bits per heavy atom. The van der Waals surface area contributed by atoms with Crippen LogP contribution in [-0.4, -0.2) is 48.5 Å². The molecular formula is C30H30F2N2O8. The SMILES string of the molecule is CCOC(=O)C1C(C(=O)OC(C)(C)C)C(C(=O)OCC)C2(C(=O)Nc3ccc(F)cc32)C12C(=O)Nc1ccc(F)cc12. The van der Waals surface area contributed by atoms with Crippen LogP contribution in [0, 0.1) is 29.4 Å². The Balaban J connectivity index is 2.00. The molecule has 10 nitrogen and oxygen atoms in total. The fourth-order valence-corrected chi connectivity index (χ4v) is 6.96. The Morgan fingerprint density at radius 1 is 0.762 bits per heavy atom. The lowest BCUT2D eigenvalue weighted by atomic mass is 9.54. The van der Waals surface area contributed by atoms with Crippen molar-refractivity contribution in [2.24, 2.45) is 17.8 Å². The maximum Gasteiger partial charge on any atom is 0.311 e. The first-order valence-corrected chi connectivity index (χ1v) is 13.5. The predicted octanol–water partition coefficient (Wildman–Crippen LogP) is 3.37. The minimum absolute atomic E-state index is 0.0418. The number of amides is 2. The first-order valence-electron chi connectivity index (χ1n) is 13.5. The smallest absolute Gasteiger partial charge is 0.311 e. The third-order valence-electron chi connectivity index (χ3n) is 8.06. The summed E-state index contributed by atoms with van der Waals surface area (Å²) in [6.07, 6.45) is 0. The zero-order valence-corrected chi connectivity index (χ0v) is 23.6. The van der Waals surface area contributed by atoms with E-state index in [0.717, 1.165) is 24.3 Å². The van der Waals surface area contributed by atoms with Crippen molar-refractivity contribution in [3.05, 3.63) is 59.2 Å². The highest BCUT2D eigenvalue weighted by Crippen LogP contribution is 2.70. The fraction of sp³-hybridized carbons (Fsp3) is 0.433. The van der Waals surface area contributed by atoms with Crippen molar-refractivity contribution >= 4 is 41.1 Å². The molecule has 2 aromatic carbocycles. The van der Waals surface area contributed by atoms with Crippen LogP contribution in [0.2, 0.25) is 0 Å². The molecule has 0 saturated heterocycles. The van der Waals surface area contributed by atoms with E-state index in [1.165, 1.54) is 26.0 Å². The second-order valence-corrected chi connectivity index (χ2v) is 11.4. The predicted molar refractivity (Wildman–Crippen MR) is 143 cm³/mol. The molecule has 2 N–H and O–H groups in total. The number of benzene rings is 2. The molecule has 12 heteroatoms. The van der Waals surface area contributed by atoms with Crippen molar-refractivity contribution < 1.29 is 47.0 Å². The summed E-state index contributed by atoms with van der Waals surface area (Å²) in [4.78, 5) is 71.0. The van der Waals surface area contributed by atoms with Gasteiger partial charge in [0.15, 0.2) is 0 Å². The van der Waals surface area contributed by atoms with Gasteiger partial charge in [-0.25, -0.2) is 8.78 Å². The average molecular weight is 585 g/mol. The highest BCUT2D eigenvalue weighted by atomic mass is 19.1. The number of anilines is 2. The molecule has 1 fully saturated rings. The van der Waals surface area contributed by atoms with Gasteiger partial charge in [-0.05, 0) is 82.1 Å². The quantitative estimate of drug-likeness (QED) is 0.403. The molecule has 4 atom stereocenters. The molecule has 222 valence electrons. The van der Waals surface area contributed by atoms with E-state index in [1.54, 1.807) is 20.8 Å². The number of carbonyl (C=O) groups is 5. The van der Waals surface area contributed by atoms with Crippen LogP contribution in [0.15, 0.2) is 36.4 Å². The van der Waals surface area contributed by atoms with Gasteiger partial charge in [0.1, 0.15) is 28.1 Å². The lowest BCUT2D eigenvalue weighted by Crippen LogP contribution is -2.61. The van der Waals surface area contributed by atoms with E-state index in [-0.39, 0.29) is 35.7 Å². The molecule has 0 aromatic heterocycles. The second kappa shape index (κ2) is 9.88. The van der Waals surface area contributed by atoms with Crippen molar-refractivity contribution in [1.29, 1.82) is 0 Å². The molecule has 3 aliphatic rings. The van der Waals surface area contributed by atoms with Crippen LogP contribution >= 0.6 is 0 Å². The molecule has 1 aliphatic carbocycles. The summed E-state index contributed by atoms with van der Waals surface area (Å²) in [6, 6.07) is 6.54. The Bertz CT molecular complexity index is 1440. The summed E-state index contributed by atoms with van der Waals surface area (Å²) in [6.45, 7) is 7.28. The van der Waals surface area contributed by atoms with Gasteiger partial charge >= 0.3 is 17.9 Å². The van der Waals surface area contributed by atoms with Crippen LogP contribution in [0.3, 0.4) is 0 Å². The number of carbonyl (C=O) groups excluding carboxylic acids is 5. The third kappa shape index (κ3) is 3.83. The number of halogens is 2. The normalized spacial score (nSPS) is 27.4. The zero-order valence-electron chi connectivity index (χ0n) is 23.6. The molecule has 2 aromatic rings. The Morgan fingerprint density at radius 3 is 1.52 bits per heavy atom. The van der Waals surface area contributed by atoms with Gasteiger partial charge in [-0.15, -0.1) is 0 Å². The molecule has 2 spiro atoms. The van der Waals surface area contributed by atoms with Crippen LogP contribution < -0.4 is 10.6 Å². The largest absolute Gasteiger partial charge is 0.466 e. The lowest BCUT2D eigenvalue weighted by Gasteiger charge is -2.41. The van der Waals surface area contributed by atoms with Crippen LogP contribution in [0.1, 0.15) is 45.7 Å². The van der Waals surface area contributed by atoms with Crippen LogP contribution in [0.25, 0.3) is 0 Å². The molecule has 0 radical (unpaired) electrons. The van der Waals surface area contributed by atoms with Gasteiger partial charge in [-0.3, -0.25) is 24.0 Å². The zero-order chi connectivity index (χ0) is 30.8. The minimum Gasteiger partial charge on any atom is -0.466 e. The number of rotatable bonds is 5. The van der Waals surface area contributed by atoms with Crippen molar-refractivity contribution in [1.82, 2.24) is 0 Å². The van der Waals surface area contributed by atoms with Crippen LogP contribution in [0.5, 0.6) is 0 Å². The van der Waals surface area contributed by atoms with Gasteiger partial charge in [0.25, 0.3) is 0 Å². The highest BCUT2D eigenvalue weighted by molar-refractivity contribution is 6.22. The summed E-state index contributed by atoms with van der Waals surface area (Å²) in [5, 5.41) is 5.22. The maximum absolute atomic E-state index is 15.0. The fourth-order valence-electron chi connectivity index (χ4n) is 6.96. The van der Waals surface area contributed by atoms with E-state index >= 15 is 0 Å². The van der Waals surface area contributed by atoms with Crippen molar-refractivity contribution in [3.63, 3.8) is 0 Å². The van der Waals surface area contributed by atoms with Gasteiger partial charge in [-0.1, -0.05) is 0 Å². The summed E-state index contributed by atoms with van der Waals surface area (Å²) >= 11 is 0. The molecule has 5 rings (SSSR count). The van der Waals surface area contributed by atoms with Crippen molar-refractivity contribution in [2.75, 3.05) is 23.8 Å². The van der Waals surface area contributed by atoms with E-state index in [0.29, 0.717) is 0 Å². The molecule has 2 heterocycles. The summed E-state index contributed by atoms with van der Waals surface area (Å²) in [5.74, 6) is -12.6. The standard InChI is InChI=1S/C30H30F2N2O8/c1-6-40-24(36)21-20(23(35)42-28(3,4)5)22(25(37)41-7-2)30(17-13-15(32)9-11-19(17)34-27(30)39)29(21)16-12-14(31)8-10-18(16)33-26(29)38/h8-13,20-22H,6-7H2,1-5H3,(H,33,38)(H,34,39). The number of ether oxygens (including phenoxy) is 3. The second-order valence-electron chi connectivity index (χ2n) is 11.4. The summed E-state index contributed by atoms with van der Waals surface area (Å²) in [7, 11) is 0. The molecule has 0 bridgehead atoms.